The van der Waals surface area contributed by atoms with Crippen LogP contribution >= 0.6 is 0 Å². The van der Waals surface area contributed by atoms with Crippen LogP contribution in [0.3, 0.4) is 0 Å². The molecule has 112 valence electrons. The van der Waals surface area contributed by atoms with Gasteiger partial charge in [0.15, 0.2) is 0 Å². The Morgan fingerprint density at radius 2 is 1.95 bits per heavy atom. The Hall–Kier alpha value is -2.23. The van der Waals surface area contributed by atoms with Gasteiger partial charge in [-0.1, -0.05) is 12.1 Å². The molecule has 4 heteroatoms. The molecule has 0 unspecified atom stereocenters. The zero-order valence-electron chi connectivity index (χ0n) is 13.0. The van der Waals surface area contributed by atoms with Gasteiger partial charge in [0.2, 0.25) is 0 Å². The van der Waals surface area contributed by atoms with E-state index in [0.29, 0.717) is 12.1 Å². The molecular weight excluding hydrogens is 264 g/mol. The topological polar surface area (TPSA) is 45.5 Å². The molecule has 1 amide bonds. The van der Waals surface area contributed by atoms with Crippen LogP contribution in [-0.2, 0) is 6.54 Å². The van der Waals surface area contributed by atoms with Gasteiger partial charge in [0.25, 0.3) is 5.91 Å². The standard InChI is InChI=1S/C17H22N2O2/c1-12(2)18-16-8-6-5-7-15(16)17(20)19(4)11-14-10-9-13(3)21-14/h5-10,12,18H,11H2,1-4H3. The number of rotatable bonds is 5. The minimum absolute atomic E-state index is 0.0206. The maximum absolute atomic E-state index is 12.6. The zero-order chi connectivity index (χ0) is 15.4. The molecule has 0 atom stereocenters. The van der Waals surface area contributed by atoms with Crippen molar-refractivity contribution in [3.8, 4) is 0 Å². The lowest BCUT2D eigenvalue weighted by molar-refractivity contribution is 0.0776. The number of para-hydroxylation sites is 1. The van der Waals surface area contributed by atoms with E-state index in [9.17, 15) is 4.79 Å². The molecule has 0 radical (unpaired) electrons. The number of anilines is 1. The third-order valence-electron chi connectivity index (χ3n) is 3.14. The highest BCUT2D eigenvalue weighted by atomic mass is 16.3. The van der Waals surface area contributed by atoms with Crippen molar-refractivity contribution in [2.75, 3.05) is 12.4 Å². The first-order valence-corrected chi connectivity index (χ1v) is 7.13. The Bertz CT molecular complexity index is 617. The quantitative estimate of drug-likeness (QED) is 0.912. The first-order chi connectivity index (χ1) is 9.97. The molecule has 4 nitrogen and oxygen atoms in total. The van der Waals surface area contributed by atoms with Crippen molar-refractivity contribution in [2.24, 2.45) is 0 Å². The van der Waals surface area contributed by atoms with Crippen LogP contribution in [-0.4, -0.2) is 23.9 Å². The number of aryl methyl sites for hydroxylation is 1. The van der Waals surface area contributed by atoms with Crippen molar-refractivity contribution in [3.63, 3.8) is 0 Å². The van der Waals surface area contributed by atoms with Crippen LogP contribution in [0.5, 0.6) is 0 Å². The molecule has 1 N–H and O–H groups in total. The highest BCUT2D eigenvalue weighted by molar-refractivity contribution is 5.99. The Kier molecular flexibility index (Phi) is 4.68. The number of nitrogens with zero attached hydrogens (tertiary/aromatic N) is 1. The first-order valence-electron chi connectivity index (χ1n) is 7.13. The number of furan rings is 1. The van der Waals surface area contributed by atoms with Gasteiger partial charge in [-0.05, 0) is 45.0 Å². The Labute approximate surface area is 125 Å². The number of hydrogen-bond acceptors (Lipinski definition) is 3. The Morgan fingerprint density at radius 3 is 2.57 bits per heavy atom. The Morgan fingerprint density at radius 1 is 1.24 bits per heavy atom. The smallest absolute Gasteiger partial charge is 0.256 e. The zero-order valence-corrected chi connectivity index (χ0v) is 13.0. The summed E-state index contributed by atoms with van der Waals surface area (Å²) < 4.78 is 5.53. The molecule has 1 aromatic carbocycles. The minimum Gasteiger partial charge on any atom is -0.464 e. The molecule has 0 saturated carbocycles. The summed E-state index contributed by atoms with van der Waals surface area (Å²) in [6.07, 6.45) is 0. The van der Waals surface area contributed by atoms with Crippen molar-refractivity contribution in [1.29, 1.82) is 0 Å². The van der Waals surface area contributed by atoms with Crippen molar-refractivity contribution in [2.45, 2.75) is 33.4 Å². The number of amides is 1. The molecule has 2 rings (SSSR count). The average Bonchev–Trinajstić information content (AvgIpc) is 2.83. The molecular formula is C17H22N2O2. The number of carbonyl (C=O) groups is 1. The molecule has 0 aliphatic rings. The number of nitrogens with one attached hydrogen (secondary N) is 1. The molecule has 0 fully saturated rings. The fraction of sp³-hybridized carbons (Fsp3) is 0.353. The van der Waals surface area contributed by atoms with Gasteiger partial charge < -0.3 is 14.6 Å². The minimum atomic E-state index is -0.0206. The van der Waals surface area contributed by atoms with Gasteiger partial charge in [-0.25, -0.2) is 0 Å². The van der Waals surface area contributed by atoms with E-state index in [1.807, 2.05) is 43.3 Å². The van der Waals surface area contributed by atoms with Crippen molar-refractivity contribution < 1.29 is 9.21 Å². The van der Waals surface area contributed by atoms with Crippen LogP contribution < -0.4 is 5.32 Å². The van der Waals surface area contributed by atoms with E-state index in [-0.39, 0.29) is 11.9 Å². The summed E-state index contributed by atoms with van der Waals surface area (Å²) in [4.78, 5) is 14.3. The van der Waals surface area contributed by atoms with E-state index < -0.39 is 0 Å². The monoisotopic (exact) mass is 286 g/mol. The fourth-order valence-electron chi connectivity index (χ4n) is 2.19. The summed E-state index contributed by atoms with van der Waals surface area (Å²) in [5.41, 5.74) is 1.54. The third kappa shape index (κ3) is 3.88. The maximum atomic E-state index is 12.6. The largest absolute Gasteiger partial charge is 0.464 e. The second-order valence-corrected chi connectivity index (χ2v) is 5.52. The SMILES string of the molecule is Cc1ccc(CN(C)C(=O)c2ccccc2NC(C)C)o1. The fourth-order valence-corrected chi connectivity index (χ4v) is 2.19. The van der Waals surface area contributed by atoms with E-state index in [1.165, 1.54) is 0 Å². The highest BCUT2D eigenvalue weighted by Gasteiger charge is 2.17. The molecule has 0 aliphatic carbocycles. The van der Waals surface area contributed by atoms with Crippen molar-refractivity contribution >= 4 is 11.6 Å². The summed E-state index contributed by atoms with van der Waals surface area (Å²) >= 11 is 0. The molecule has 0 saturated heterocycles. The molecule has 0 spiro atoms. The van der Waals surface area contributed by atoms with Gasteiger partial charge in [-0.15, -0.1) is 0 Å². The van der Waals surface area contributed by atoms with Crippen molar-refractivity contribution in [3.05, 3.63) is 53.5 Å². The van der Waals surface area contributed by atoms with E-state index in [0.717, 1.165) is 17.2 Å². The summed E-state index contributed by atoms with van der Waals surface area (Å²) in [6.45, 7) is 6.46. The predicted molar refractivity (Wildman–Crippen MR) is 84.4 cm³/mol. The van der Waals surface area contributed by atoms with Gasteiger partial charge >= 0.3 is 0 Å². The van der Waals surface area contributed by atoms with Crippen LogP contribution in [0.1, 0.15) is 35.7 Å². The molecule has 21 heavy (non-hydrogen) atoms. The van der Waals surface area contributed by atoms with Crippen molar-refractivity contribution in [1.82, 2.24) is 4.90 Å². The normalized spacial score (nSPS) is 10.7. The summed E-state index contributed by atoms with van der Waals surface area (Å²) in [6, 6.07) is 11.7. The van der Waals surface area contributed by atoms with Crippen LogP contribution in [0.2, 0.25) is 0 Å². The summed E-state index contributed by atoms with van der Waals surface area (Å²) in [5.74, 6) is 1.62. The molecule has 2 aromatic rings. The van der Waals surface area contributed by atoms with Crippen LogP contribution in [0.4, 0.5) is 5.69 Å². The second-order valence-electron chi connectivity index (χ2n) is 5.52. The van der Waals surface area contributed by atoms with Crippen LogP contribution in [0, 0.1) is 6.92 Å². The first kappa shape index (κ1) is 15.2. The van der Waals surface area contributed by atoms with E-state index >= 15 is 0 Å². The van der Waals surface area contributed by atoms with Gasteiger partial charge in [0.1, 0.15) is 11.5 Å². The summed E-state index contributed by atoms with van der Waals surface area (Å²) in [5, 5.41) is 3.31. The number of carbonyl (C=O) groups excluding carboxylic acids is 1. The van der Waals surface area contributed by atoms with Crippen LogP contribution in [0.25, 0.3) is 0 Å². The Balaban J connectivity index is 2.15. The molecule has 1 aromatic heterocycles. The lowest BCUT2D eigenvalue weighted by atomic mass is 10.1. The van der Waals surface area contributed by atoms with E-state index in [4.69, 9.17) is 4.42 Å². The van der Waals surface area contributed by atoms with Gasteiger partial charge in [0.05, 0.1) is 12.1 Å². The van der Waals surface area contributed by atoms with Gasteiger partial charge in [-0.3, -0.25) is 4.79 Å². The van der Waals surface area contributed by atoms with E-state index in [2.05, 4.69) is 19.2 Å². The second kappa shape index (κ2) is 6.48. The molecule has 0 aliphatic heterocycles. The van der Waals surface area contributed by atoms with Gasteiger partial charge in [0, 0.05) is 18.8 Å². The number of benzene rings is 1. The average molecular weight is 286 g/mol. The third-order valence-corrected chi connectivity index (χ3v) is 3.14. The highest BCUT2D eigenvalue weighted by Crippen LogP contribution is 2.19. The lowest BCUT2D eigenvalue weighted by Gasteiger charge is -2.19. The van der Waals surface area contributed by atoms with Crippen LogP contribution in [0.15, 0.2) is 40.8 Å². The van der Waals surface area contributed by atoms with Gasteiger partial charge in [-0.2, -0.15) is 0 Å². The lowest BCUT2D eigenvalue weighted by Crippen LogP contribution is -2.27. The maximum Gasteiger partial charge on any atom is 0.256 e. The molecule has 1 heterocycles. The predicted octanol–water partition coefficient (Wildman–Crippen LogP) is 3.68. The molecule has 0 bridgehead atoms. The van der Waals surface area contributed by atoms with E-state index in [1.54, 1.807) is 11.9 Å². The summed E-state index contributed by atoms with van der Waals surface area (Å²) in [7, 11) is 1.78. The number of hydrogen-bond donors (Lipinski definition) is 1.